The van der Waals surface area contributed by atoms with Crippen molar-refractivity contribution in [3.63, 3.8) is 0 Å². The number of amides is 1. The number of thiophene rings is 1. The summed E-state index contributed by atoms with van der Waals surface area (Å²) in [6.07, 6.45) is -0.557. The Balaban J connectivity index is 1.90. The highest BCUT2D eigenvalue weighted by molar-refractivity contribution is 7.10. The van der Waals surface area contributed by atoms with Crippen LogP contribution in [0.3, 0.4) is 0 Å². The molecule has 0 radical (unpaired) electrons. The van der Waals surface area contributed by atoms with Crippen LogP contribution >= 0.6 is 22.9 Å². The van der Waals surface area contributed by atoms with E-state index in [1.165, 1.54) is 0 Å². The van der Waals surface area contributed by atoms with Crippen LogP contribution in [-0.2, 0) is 4.79 Å². The second kappa shape index (κ2) is 6.77. The van der Waals surface area contributed by atoms with Gasteiger partial charge in [-0.25, -0.2) is 0 Å². The topological polar surface area (TPSA) is 38.3 Å². The SMILES string of the molecule is C[C@H](Oc1ccc(Cl)cc1)C(=O)N[C@@H](C)c1cccs1. The number of nitrogens with one attached hydrogen (secondary N) is 1. The van der Waals surface area contributed by atoms with Crippen LogP contribution in [-0.4, -0.2) is 12.0 Å². The van der Waals surface area contributed by atoms with E-state index in [2.05, 4.69) is 5.32 Å². The minimum atomic E-state index is -0.557. The van der Waals surface area contributed by atoms with Gasteiger partial charge in [0.05, 0.1) is 6.04 Å². The largest absolute Gasteiger partial charge is 0.481 e. The number of benzene rings is 1. The molecule has 1 N–H and O–H groups in total. The Labute approximate surface area is 127 Å². The van der Waals surface area contributed by atoms with Gasteiger partial charge in [0.15, 0.2) is 6.10 Å². The first kappa shape index (κ1) is 14.9. The summed E-state index contributed by atoms with van der Waals surface area (Å²) in [7, 11) is 0. The molecule has 3 nitrogen and oxygen atoms in total. The highest BCUT2D eigenvalue weighted by Gasteiger charge is 2.18. The van der Waals surface area contributed by atoms with Crippen molar-refractivity contribution < 1.29 is 9.53 Å². The summed E-state index contributed by atoms with van der Waals surface area (Å²) in [6, 6.07) is 10.9. The van der Waals surface area contributed by atoms with Crippen LogP contribution in [0.1, 0.15) is 24.8 Å². The summed E-state index contributed by atoms with van der Waals surface area (Å²) in [5.41, 5.74) is 0. The summed E-state index contributed by atoms with van der Waals surface area (Å²) in [5, 5.41) is 5.57. The van der Waals surface area contributed by atoms with E-state index in [4.69, 9.17) is 16.3 Å². The van der Waals surface area contributed by atoms with E-state index in [9.17, 15) is 4.79 Å². The van der Waals surface area contributed by atoms with E-state index < -0.39 is 6.10 Å². The summed E-state index contributed by atoms with van der Waals surface area (Å²) in [6.45, 7) is 3.68. The minimum absolute atomic E-state index is 0.0150. The Morgan fingerprint density at radius 2 is 1.95 bits per heavy atom. The molecule has 0 aliphatic carbocycles. The molecule has 0 saturated carbocycles. The second-order valence-electron chi connectivity index (χ2n) is 4.46. The van der Waals surface area contributed by atoms with Gasteiger partial charge in [0.2, 0.25) is 0 Å². The average Bonchev–Trinajstić information content (AvgIpc) is 2.95. The number of halogens is 1. The number of hydrogen-bond donors (Lipinski definition) is 1. The summed E-state index contributed by atoms with van der Waals surface area (Å²) < 4.78 is 5.58. The zero-order chi connectivity index (χ0) is 14.5. The number of hydrogen-bond acceptors (Lipinski definition) is 3. The second-order valence-corrected chi connectivity index (χ2v) is 5.88. The molecule has 0 aliphatic rings. The molecule has 0 saturated heterocycles. The third kappa shape index (κ3) is 3.99. The fourth-order valence-electron chi connectivity index (χ4n) is 1.71. The first-order valence-electron chi connectivity index (χ1n) is 6.32. The van der Waals surface area contributed by atoms with Gasteiger partial charge in [-0.1, -0.05) is 17.7 Å². The molecule has 1 aromatic heterocycles. The van der Waals surface area contributed by atoms with Crippen LogP contribution in [0.2, 0.25) is 5.02 Å². The maximum Gasteiger partial charge on any atom is 0.261 e. The van der Waals surface area contributed by atoms with Gasteiger partial charge >= 0.3 is 0 Å². The molecule has 20 heavy (non-hydrogen) atoms. The fraction of sp³-hybridized carbons (Fsp3) is 0.267. The minimum Gasteiger partial charge on any atom is -0.481 e. The molecule has 0 fully saturated rings. The van der Waals surface area contributed by atoms with Gasteiger partial charge in [-0.15, -0.1) is 11.3 Å². The van der Waals surface area contributed by atoms with Crippen molar-refractivity contribution in [1.82, 2.24) is 5.32 Å². The Bertz CT molecular complexity index is 554. The lowest BCUT2D eigenvalue weighted by Gasteiger charge is -2.18. The van der Waals surface area contributed by atoms with E-state index in [1.807, 2.05) is 24.4 Å². The smallest absolute Gasteiger partial charge is 0.261 e. The normalized spacial score (nSPS) is 13.6. The monoisotopic (exact) mass is 309 g/mol. The lowest BCUT2D eigenvalue weighted by atomic mass is 10.2. The molecule has 106 valence electrons. The van der Waals surface area contributed by atoms with Crippen molar-refractivity contribution in [2.75, 3.05) is 0 Å². The van der Waals surface area contributed by atoms with Crippen LogP contribution < -0.4 is 10.1 Å². The van der Waals surface area contributed by atoms with Gasteiger partial charge in [0.25, 0.3) is 5.91 Å². The number of rotatable bonds is 5. The summed E-state index contributed by atoms with van der Waals surface area (Å²) in [4.78, 5) is 13.2. The highest BCUT2D eigenvalue weighted by atomic mass is 35.5. The molecule has 1 amide bonds. The molecule has 0 spiro atoms. The lowest BCUT2D eigenvalue weighted by Crippen LogP contribution is -2.37. The Kier molecular flexibility index (Phi) is 5.04. The van der Waals surface area contributed by atoms with Crippen molar-refractivity contribution in [3.8, 4) is 5.75 Å². The van der Waals surface area contributed by atoms with Crippen molar-refractivity contribution in [1.29, 1.82) is 0 Å². The van der Waals surface area contributed by atoms with E-state index in [1.54, 1.807) is 42.5 Å². The number of carbonyl (C=O) groups excluding carboxylic acids is 1. The average molecular weight is 310 g/mol. The van der Waals surface area contributed by atoms with Gasteiger partial charge in [-0.3, -0.25) is 4.79 Å². The first-order chi connectivity index (χ1) is 9.56. The predicted octanol–water partition coefficient (Wildman–Crippen LogP) is 4.05. The van der Waals surface area contributed by atoms with E-state index >= 15 is 0 Å². The van der Waals surface area contributed by atoms with Crippen LogP contribution in [0.15, 0.2) is 41.8 Å². The van der Waals surface area contributed by atoms with E-state index in [-0.39, 0.29) is 11.9 Å². The van der Waals surface area contributed by atoms with Crippen LogP contribution in [0.4, 0.5) is 0 Å². The summed E-state index contributed by atoms with van der Waals surface area (Å²) in [5.74, 6) is 0.488. The third-order valence-electron chi connectivity index (χ3n) is 2.82. The molecule has 5 heteroatoms. The van der Waals surface area contributed by atoms with Crippen molar-refractivity contribution in [2.45, 2.75) is 26.0 Å². The molecular weight excluding hydrogens is 294 g/mol. The molecule has 2 atom stereocenters. The molecule has 1 heterocycles. The zero-order valence-corrected chi connectivity index (χ0v) is 12.9. The molecule has 2 rings (SSSR count). The van der Waals surface area contributed by atoms with E-state index in [0.717, 1.165) is 4.88 Å². The van der Waals surface area contributed by atoms with Gasteiger partial charge in [-0.05, 0) is 49.6 Å². The van der Waals surface area contributed by atoms with Crippen LogP contribution in [0.5, 0.6) is 5.75 Å². The van der Waals surface area contributed by atoms with Crippen molar-refractivity contribution in [3.05, 3.63) is 51.7 Å². The maximum absolute atomic E-state index is 12.1. The van der Waals surface area contributed by atoms with Gasteiger partial charge < -0.3 is 10.1 Å². The summed E-state index contributed by atoms with van der Waals surface area (Å²) >= 11 is 7.42. The molecule has 0 bridgehead atoms. The Morgan fingerprint density at radius 3 is 2.55 bits per heavy atom. The van der Waals surface area contributed by atoms with Crippen LogP contribution in [0.25, 0.3) is 0 Å². The van der Waals surface area contributed by atoms with Gasteiger partial charge in [0, 0.05) is 9.90 Å². The van der Waals surface area contributed by atoms with Crippen LogP contribution in [0, 0.1) is 0 Å². The maximum atomic E-state index is 12.1. The predicted molar refractivity (Wildman–Crippen MR) is 82.4 cm³/mol. The van der Waals surface area contributed by atoms with Gasteiger partial charge in [0.1, 0.15) is 5.75 Å². The fourth-order valence-corrected chi connectivity index (χ4v) is 2.57. The van der Waals surface area contributed by atoms with E-state index in [0.29, 0.717) is 10.8 Å². The Hall–Kier alpha value is -1.52. The van der Waals surface area contributed by atoms with Crippen molar-refractivity contribution >= 4 is 28.8 Å². The molecule has 0 aliphatic heterocycles. The molecule has 0 unspecified atom stereocenters. The van der Waals surface area contributed by atoms with Crippen molar-refractivity contribution in [2.24, 2.45) is 0 Å². The Morgan fingerprint density at radius 1 is 1.25 bits per heavy atom. The number of ether oxygens (including phenoxy) is 1. The molecule has 2 aromatic rings. The first-order valence-corrected chi connectivity index (χ1v) is 7.58. The van der Waals surface area contributed by atoms with Gasteiger partial charge in [-0.2, -0.15) is 0 Å². The lowest BCUT2D eigenvalue weighted by molar-refractivity contribution is -0.127. The standard InChI is InChI=1S/C15H16ClNO2S/c1-10(14-4-3-9-20-14)17-15(18)11(2)19-13-7-5-12(16)6-8-13/h3-11H,1-2H3,(H,17,18)/t10-,11-/m0/s1. The molecule has 1 aromatic carbocycles. The third-order valence-corrected chi connectivity index (χ3v) is 4.13. The molecular formula is C15H16ClNO2S. The number of carbonyl (C=O) groups is 1. The highest BCUT2D eigenvalue weighted by Crippen LogP contribution is 2.19. The quantitative estimate of drug-likeness (QED) is 0.905. The zero-order valence-electron chi connectivity index (χ0n) is 11.3.